The fourth-order valence-electron chi connectivity index (χ4n) is 0.978. The largest absolute Gasteiger partial charge is 0.317 e. The van der Waals surface area contributed by atoms with Gasteiger partial charge in [-0.3, -0.25) is 4.79 Å². The molecule has 1 aromatic rings. The first-order valence-electron chi connectivity index (χ1n) is 4.01. The number of ketones is 1. The summed E-state index contributed by atoms with van der Waals surface area (Å²) in [5.74, 6) is 2.44. The van der Waals surface area contributed by atoms with E-state index in [-0.39, 0.29) is 5.78 Å². The van der Waals surface area contributed by atoms with Crippen LogP contribution in [0.3, 0.4) is 0 Å². The van der Waals surface area contributed by atoms with Crippen molar-refractivity contribution in [2.45, 2.75) is 18.9 Å². The van der Waals surface area contributed by atoms with Crippen molar-refractivity contribution in [2.75, 3.05) is 0 Å². The third-order valence-corrected chi connectivity index (χ3v) is 2.67. The summed E-state index contributed by atoms with van der Waals surface area (Å²) in [5.41, 5.74) is 5.72. The van der Waals surface area contributed by atoms with Crippen LogP contribution < -0.4 is 5.73 Å². The highest BCUT2D eigenvalue weighted by molar-refractivity contribution is 7.10. The predicted molar refractivity (Wildman–Crippen MR) is 54.3 cm³/mol. The van der Waals surface area contributed by atoms with Crippen LogP contribution >= 0.6 is 11.3 Å². The molecule has 2 N–H and O–H groups in total. The fraction of sp³-hybridized carbons (Fsp3) is 0.300. The van der Waals surface area contributed by atoms with Gasteiger partial charge in [0.1, 0.15) is 0 Å². The maximum atomic E-state index is 11.4. The SMILES string of the molecule is C#CCCC(=O)C(N)c1cccs1. The zero-order valence-corrected chi connectivity index (χ0v) is 8.01. The lowest BCUT2D eigenvalue weighted by Gasteiger charge is -2.06. The Morgan fingerprint density at radius 2 is 2.54 bits per heavy atom. The molecule has 0 aliphatic heterocycles. The van der Waals surface area contributed by atoms with Crippen LogP contribution in [0.1, 0.15) is 23.8 Å². The number of terminal acetylenes is 1. The molecular weight excluding hydrogens is 182 g/mol. The van der Waals surface area contributed by atoms with Gasteiger partial charge in [0.15, 0.2) is 5.78 Å². The standard InChI is InChI=1S/C10H11NOS/c1-2-3-5-8(12)10(11)9-6-4-7-13-9/h1,4,6-7,10H,3,5,11H2. The van der Waals surface area contributed by atoms with Crippen LogP contribution in [-0.4, -0.2) is 5.78 Å². The van der Waals surface area contributed by atoms with Crippen LogP contribution in [0.5, 0.6) is 0 Å². The first-order chi connectivity index (χ1) is 6.25. The number of nitrogens with two attached hydrogens (primary N) is 1. The summed E-state index contributed by atoms with van der Waals surface area (Å²) in [6.07, 6.45) is 5.90. The van der Waals surface area contributed by atoms with E-state index in [1.807, 2.05) is 17.5 Å². The van der Waals surface area contributed by atoms with E-state index in [9.17, 15) is 4.79 Å². The van der Waals surface area contributed by atoms with Crippen LogP contribution in [-0.2, 0) is 4.79 Å². The Balaban J connectivity index is 2.54. The lowest BCUT2D eigenvalue weighted by Crippen LogP contribution is -2.19. The Labute approximate surface area is 81.8 Å². The van der Waals surface area contributed by atoms with Gasteiger partial charge in [0.25, 0.3) is 0 Å². The molecule has 0 fully saturated rings. The van der Waals surface area contributed by atoms with Crippen molar-refractivity contribution in [1.29, 1.82) is 0 Å². The van der Waals surface area contributed by atoms with Crippen LogP contribution in [0.2, 0.25) is 0 Å². The first-order valence-corrected chi connectivity index (χ1v) is 4.89. The summed E-state index contributed by atoms with van der Waals surface area (Å²) in [6.45, 7) is 0. The fourth-order valence-corrected chi connectivity index (χ4v) is 1.73. The van der Waals surface area contributed by atoms with Gasteiger partial charge in [-0.1, -0.05) is 6.07 Å². The summed E-state index contributed by atoms with van der Waals surface area (Å²) in [7, 11) is 0. The molecule has 3 heteroatoms. The highest BCUT2D eigenvalue weighted by atomic mass is 32.1. The van der Waals surface area contributed by atoms with Gasteiger partial charge in [0.05, 0.1) is 6.04 Å². The number of carbonyl (C=O) groups is 1. The zero-order valence-electron chi connectivity index (χ0n) is 7.19. The lowest BCUT2D eigenvalue weighted by atomic mass is 10.1. The molecule has 0 radical (unpaired) electrons. The molecule has 1 unspecified atom stereocenters. The predicted octanol–water partition coefficient (Wildman–Crippen LogP) is 1.73. The maximum Gasteiger partial charge on any atom is 0.155 e. The van der Waals surface area contributed by atoms with Crippen molar-refractivity contribution in [3.8, 4) is 12.3 Å². The van der Waals surface area contributed by atoms with E-state index in [1.54, 1.807) is 0 Å². The summed E-state index contributed by atoms with van der Waals surface area (Å²) >= 11 is 1.50. The molecule has 0 aromatic carbocycles. The normalized spacial score (nSPS) is 12.0. The van der Waals surface area contributed by atoms with E-state index >= 15 is 0 Å². The van der Waals surface area contributed by atoms with E-state index in [0.717, 1.165) is 4.88 Å². The van der Waals surface area contributed by atoms with E-state index < -0.39 is 6.04 Å². The average Bonchev–Trinajstić information content (AvgIpc) is 2.65. The number of hydrogen-bond donors (Lipinski definition) is 1. The van der Waals surface area contributed by atoms with E-state index in [1.165, 1.54) is 11.3 Å². The van der Waals surface area contributed by atoms with E-state index in [0.29, 0.717) is 12.8 Å². The smallest absolute Gasteiger partial charge is 0.155 e. The molecule has 1 heterocycles. The monoisotopic (exact) mass is 193 g/mol. The third-order valence-electron chi connectivity index (χ3n) is 1.71. The topological polar surface area (TPSA) is 43.1 Å². The Bertz CT molecular complexity index is 310. The van der Waals surface area contributed by atoms with Crippen LogP contribution in [0.15, 0.2) is 17.5 Å². The molecule has 0 aliphatic carbocycles. The highest BCUT2D eigenvalue weighted by Crippen LogP contribution is 2.18. The molecule has 13 heavy (non-hydrogen) atoms. The molecule has 0 aliphatic rings. The molecule has 68 valence electrons. The van der Waals surface area contributed by atoms with Crippen LogP contribution in [0.25, 0.3) is 0 Å². The van der Waals surface area contributed by atoms with E-state index in [2.05, 4.69) is 5.92 Å². The van der Waals surface area contributed by atoms with Gasteiger partial charge in [-0.15, -0.1) is 23.7 Å². The van der Waals surface area contributed by atoms with Crippen molar-refractivity contribution >= 4 is 17.1 Å². The molecule has 0 bridgehead atoms. The van der Waals surface area contributed by atoms with Crippen LogP contribution in [0, 0.1) is 12.3 Å². The van der Waals surface area contributed by atoms with Crippen molar-refractivity contribution < 1.29 is 4.79 Å². The summed E-state index contributed by atoms with van der Waals surface area (Å²) < 4.78 is 0. The minimum atomic E-state index is -0.492. The van der Waals surface area contributed by atoms with Crippen molar-refractivity contribution in [3.63, 3.8) is 0 Å². The van der Waals surface area contributed by atoms with Gasteiger partial charge in [-0.05, 0) is 11.4 Å². The summed E-state index contributed by atoms with van der Waals surface area (Å²) in [6, 6.07) is 3.26. The Hall–Kier alpha value is -1.11. The van der Waals surface area contributed by atoms with E-state index in [4.69, 9.17) is 12.2 Å². The average molecular weight is 193 g/mol. The second-order valence-electron chi connectivity index (χ2n) is 2.66. The minimum absolute atomic E-state index is 0.0143. The lowest BCUT2D eigenvalue weighted by molar-refractivity contribution is -0.120. The number of Topliss-reactive ketones (excluding diaryl/α,β-unsaturated/α-hetero) is 1. The molecule has 1 atom stereocenters. The number of thiophene rings is 1. The number of rotatable bonds is 4. The minimum Gasteiger partial charge on any atom is -0.317 e. The molecule has 1 rings (SSSR count). The second-order valence-corrected chi connectivity index (χ2v) is 3.64. The Kier molecular flexibility index (Phi) is 3.69. The van der Waals surface area contributed by atoms with Gasteiger partial charge in [0, 0.05) is 17.7 Å². The molecular formula is C10H11NOS. The van der Waals surface area contributed by atoms with Gasteiger partial charge in [-0.2, -0.15) is 0 Å². The summed E-state index contributed by atoms with van der Waals surface area (Å²) in [4.78, 5) is 12.3. The second kappa shape index (κ2) is 4.80. The zero-order chi connectivity index (χ0) is 9.68. The number of hydrogen-bond acceptors (Lipinski definition) is 3. The molecule has 0 spiro atoms. The van der Waals surface area contributed by atoms with Gasteiger partial charge >= 0.3 is 0 Å². The maximum absolute atomic E-state index is 11.4. The Morgan fingerprint density at radius 1 is 1.77 bits per heavy atom. The van der Waals surface area contributed by atoms with Crippen molar-refractivity contribution in [3.05, 3.63) is 22.4 Å². The number of carbonyl (C=O) groups excluding carboxylic acids is 1. The first kappa shape index (κ1) is 9.97. The molecule has 2 nitrogen and oxygen atoms in total. The molecule has 1 aromatic heterocycles. The highest BCUT2D eigenvalue weighted by Gasteiger charge is 2.15. The van der Waals surface area contributed by atoms with Crippen molar-refractivity contribution in [1.82, 2.24) is 0 Å². The van der Waals surface area contributed by atoms with Gasteiger partial charge in [0.2, 0.25) is 0 Å². The quantitative estimate of drug-likeness (QED) is 0.740. The van der Waals surface area contributed by atoms with Crippen molar-refractivity contribution in [2.24, 2.45) is 5.73 Å². The summed E-state index contributed by atoms with van der Waals surface area (Å²) in [5, 5.41) is 1.91. The Morgan fingerprint density at radius 3 is 3.08 bits per heavy atom. The van der Waals surface area contributed by atoms with Gasteiger partial charge in [-0.25, -0.2) is 0 Å². The molecule has 0 saturated heterocycles. The third kappa shape index (κ3) is 2.69. The molecule has 0 saturated carbocycles. The molecule has 0 amide bonds. The van der Waals surface area contributed by atoms with Crippen LogP contribution in [0.4, 0.5) is 0 Å². The van der Waals surface area contributed by atoms with Gasteiger partial charge < -0.3 is 5.73 Å².